The number of alkyl halides is 2. The monoisotopic (exact) mass is 190 g/mol. The normalized spacial score (nSPS) is 11.7. The summed E-state index contributed by atoms with van der Waals surface area (Å²) in [6.07, 6.45) is 0. The highest BCUT2D eigenvalue weighted by Gasteiger charge is 2.34. The van der Waals surface area contributed by atoms with Gasteiger partial charge >= 0.3 is 5.92 Å². The van der Waals surface area contributed by atoms with E-state index in [0.717, 1.165) is 11.3 Å². The number of Topliss-reactive ketones (excluding diaryl/α,β-unsaturated/α-hetero) is 1. The fourth-order valence-electron chi connectivity index (χ4n) is 0.805. The maximum atomic E-state index is 12.5. The van der Waals surface area contributed by atoms with Crippen molar-refractivity contribution in [3.8, 4) is 0 Å². The summed E-state index contributed by atoms with van der Waals surface area (Å²) in [4.78, 5) is 11.2. The van der Waals surface area contributed by atoms with Crippen molar-refractivity contribution in [1.82, 2.24) is 0 Å². The van der Waals surface area contributed by atoms with Gasteiger partial charge in [-0.2, -0.15) is 8.78 Å². The average Bonchev–Trinajstić information content (AvgIpc) is 2.31. The average molecular weight is 190 g/mol. The van der Waals surface area contributed by atoms with Crippen molar-refractivity contribution in [3.05, 3.63) is 21.9 Å². The Balaban J connectivity index is 3.01. The quantitative estimate of drug-likeness (QED) is 0.655. The number of carbonyl (C=O) groups excluding carboxylic acids is 1. The van der Waals surface area contributed by atoms with E-state index < -0.39 is 11.7 Å². The summed E-state index contributed by atoms with van der Waals surface area (Å²) in [6.45, 7) is 2.27. The molecule has 12 heavy (non-hydrogen) atoms. The number of rotatable bonds is 2. The predicted molar refractivity (Wildman–Crippen MR) is 44.0 cm³/mol. The Morgan fingerprint density at radius 1 is 1.58 bits per heavy atom. The second-order valence-electron chi connectivity index (χ2n) is 2.65. The lowest BCUT2D eigenvalue weighted by Crippen LogP contribution is -2.23. The molecule has 1 nitrogen and oxygen atoms in total. The Labute approximate surface area is 73.0 Å². The molecule has 0 aromatic carbocycles. The number of aryl methyl sites for hydroxylation is 1. The zero-order chi connectivity index (χ0) is 9.35. The number of carbonyl (C=O) groups is 1. The van der Waals surface area contributed by atoms with E-state index in [9.17, 15) is 13.6 Å². The Morgan fingerprint density at radius 3 is 2.50 bits per heavy atom. The standard InChI is InChI=1S/C8H8F2OS/c1-5-3-4-12-6(5)7(11)8(2,9)10/h3-4H,1-2H3. The molecule has 0 unspecified atom stereocenters. The molecule has 0 amide bonds. The first-order chi connectivity index (χ1) is 5.43. The highest BCUT2D eigenvalue weighted by atomic mass is 32.1. The smallest absolute Gasteiger partial charge is 0.286 e. The van der Waals surface area contributed by atoms with Crippen molar-refractivity contribution < 1.29 is 13.6 Å². The van der Waals surface area contributed by atoms with E-state index in [1.54, 1.807) is 18.4 Å². The van der Waals surface area contributed by atoms with Crippen LogP contribution in [0.3, 0.4) is 0 Å². The van der Waals surface area contributed by atoms with Crippen LogP contribution in [0.5, 0.6) is 0 Å². The van der Waals surface area contributed by atoms with Gasteiger partial charge in [-0.15, -0.1) is 11.3 Å². The van der Waals surface area contributed by atoms with Gasteiger partial charge in [-0.3, -0.25) is 4.79 Å². The SMILES string of the molecule is Cc1ccsc1C(=O)C(C)(F)F. The molecule has 0 aliphatic carbocycles. The fraction of sp³-hybridized carbons (Fsp3) is 0.375. The molecule has 0 bridgehead atoms. The number of ketones is 1. The van der Waals surface area contributed by atoms with Gasteiger partial charge in [0.05, 0.1) is 4.88 Å². The molecule has 1 heterocycles. The molecule has 0 radical (unpaired) electrons. The van der Waals surface area contributed by atoms with E-state index >= 15 is 0 Å². The molecule has 0 saturated carbocycles. The van der Waals surface area contributed by atoms with Gasteiger partial charge in [0.25, 0.3) is 0 Å². The van der Waals surface area contributed by atoms with E-state index in [4.69, 9.17) is 0 Å². The van der Waals surface area contributed by atoms with Crippen LogP contribution in [0, 0.1) is 6.92 Å². The van der Waals surface area contributed by atoms with Gasteiger partial charge in [0.15, 0.2) is 0 Å². The molecule has 1 aromatic rings. The summed E-state index contributed by atoms with van der Waals surface area (Å²) in [5.41, 5.74) is 0.617. The van der Waals surface area contributed by atoms with Gasteiger partial charge in [0.2, 0.25) is 5.78 Å². The molecule has 0 saturated heterocycles. The van der Waals surface area contributed by atoms with Crippen molar-refractivity contribution in [3.63, 3.8) is 0 Å². The Bertz CT molecular complexity index is 298. The van der Waals surface area contributed by atoms with Crippen LogP contribution in [0.1, 0.15) is 22.2 Å². The minimum atomic E-state index is -3.25. The lowest BCUT2D eigenvalue weighted by atomic mass is 10.1. The Morgan fingerprint density at radius 2 is 2.17 bits per heavy atom. The van der Waals surface area contributed by atoms with Crippen molar-refractivity contribution >= 4 is 17.1 Å². The van der Waals surface area contributed by atoms with E-state index in [2.05, 4.69) is 0 Å². The van der Waals surface area contributed by atoms with Gasteiger partial charge < -0.3 is 0 Å². The molecular weight excluding hydrogens is 182 g/mol. The maximum absolute atomic E-state index is 12.5. The van der Waals surface area contributed by atoms with Gasteiger partial charge in [-0.05, 0) is 23.9 Å². The van der Waals surface area contributed by atoms with Crippen LogP contribution in [-0.4, -0.2) is 11.7 Å². The number of hydrogen-bond acceptors (Lipinski definition) is 2. The molecule has 0 aliphatic heterocycles. The van der Waals surface area contributed by atoms with Crippen molar-refractivity contribution in [1.29, 1.82) is 0 Å². The van der Waals surface area contributed by atoms with Crippen LogP contribution in [-0.2, 0) is 0 Å². The fourth-order valence-corrected chi connectivity index (χ4v) is 1.75. The molecule has 0 N–H and O–H groups in total. The minimum Gasteiger partial charge on any atom is -0.286 e. The lowest BCUT2D eigenvalue weighted by Gasteiger charge is -2.06. The summed E-state index contributed by atoms with van der Waals surface area (Å²) in [6, 6.07) is 1.66. The van der Waals surface area contributed by atoms with Crippen molar-refractivity contribution in [2.24, 2.45) is 0 Å². The number of hydrogen-bond donors (Lipinski definition) is 0. The first-order valence-electron chi connectivity index (χ1n) is 3.39. The van der Waals surface area contributed by atoms with Gasteiger partial charge in [0, 0.05) is 6.92 Å². The predicted octanol–water partition coefficient (Wildman–Crippen LogP) is 2.89. The highest BCUT2D eigenvalue weighted by Crippen LogP contribution is 2.25. The third-order valence-corrected chi connectivity index (χ3v) is 2.48. The van der Waals surface area contributed by atoms with Crippen LogP contribution in [0.2, 0.25) is 0 Å². The van der Waals surface area contributed by atoms with Crippen LogP contribution in [0.4, 0.5) is 8.78 Å². The van der Waals surface area contributed by atoms with Gasteiger partial charge in [-0.25, -0.2) is 0 Å². The first-order valence-corrected chi connectivity index (χ1v) is 4.27. The molecule has 4 heteroatoms. The summed E-state index contributed by atoms with van der Waals surface area (Å²) >= 11 is 1.05. The second-order valence-corrected chi connectivity index (χ2v) is 3.57. The Hall–Kier alpha value is -0.770. The summed E-state index contributed by atoms with van der Waals surface area (Å²) in [5, 5.41) is 1.63. The molecule has 0 atom stereocenters. The van der Waals surface area contributed by atoms with Crippen LogP contribution < -0.4 is 0 Å². The Kier molecular flexibility index (Phi) is 2.28. The minimum absolute atomic E-state index is 0.155. The molecule has 0 fully saturated rings. The van der Waals surface area contributed by atoms with Crippen LogP contribution in [0.15, 0.2) is 11.4 Å². The molecule has 0 aliphatic rings. The number of thiophene rings is 1. The second kappa shape index (κ2) is 2.94. The molecule has 1 aromatic heterocycles. The van der Waals surface area contributed by atoms with Gasteiger partial charge in [0.1, 0.15) is 0 Å². The molecule has 66 valence electrons. The number of halogens is 2. The zero-order valence-corrected chi connectivity index (χ0v) is 7.54. The third kappa shape index (κ3) is 1.69. The van der Waals surface area contributed by atoms with Gasteiger partial charge in [-0.1, -0.05) is 0 Å². The van der Waals surface area contributed by atoms with E-state index in [0.29, 0.717) is 12.5 Å². The van der Waals surface area contributed by atoms with Crippen molar-refractivity contribution in [2.75, 3.05) is 0 Å². The third-order valence-electron chi connectivity index (χ3n) is 1.47. The summed E-state index contributed by atoms with van der Waals surface area (Å²) in [5.74, 6) is -4.34. The summed E-state index contributed by atoms with van der Waals surface area (Å²) < 4.78 is 25.0. The maximum Gasteiger partial charge on any atom is 0.307 e. The van der Waals surface area contributed by atoms with Crippen LogP contribution >= 0.6 is 11.3 Å². The largest absolute Gasteiger partial charge is 0.307 e. The first kappa shape index (κ1) is 9.32. The summed E-state index contributed by atoms with van der Waals surface area (Å²) in [7, 11) is 0. The van der Waals surface area contributed by atoms with E-state index in [-0.39, 0.29) is 4.88 Å². The lowest BCUT2D eigenvalue weighted by molar-refractivity contribution is 0.0225. The zero-order valence-electron chi connectivity index (χ0n) is 6.73. The van der Waals surface area contributed by atoms with E-state index in [1.807, 2.05) is 0 Å². The van der Waals surface area contributed by atoms with Crippen molar-refractivity contribution in [2.45, 2.75) is 19.8 Å². The topological polar surface area (TPSA) is 17.1 Å². The van der Waals surface area contributed by atoms with E-state index in [1.165, 1.54) is 0 Å². The molecule has 1 rings (SSSR count). The molecule has 0 spiro atoms. The van der Waals surface area contributed by atoms with Crippen LogP contribution in [0.25, 0.3) is 0 Å². The molecular formula is C8H8F2OS. The highest BCUT2D eigenvalue weighted by molar-refractivity contribution is 7.12.